The van der Waals surface area contributed by atoms with Crippen molar-refractivity contribution < 1.29 is 18.9 Å². The number of benzene rings is 1. The summed E-state index contributed by atoms with van der Waals surface area (Å²) in [5.74, 6) is 0.592. The molecule has 2 amide bonds. The quantitative estimate of drug-likeness (QED) is 0.375. The number of carbonyl (C=O) groups excluding carboxylic acids is 2. The van der Waals surface area contributed by atoms with E-state index in [4.69, 9.17) is 9.40 Å². The summed E-state index contributed by atoms with van der Waals surface area (Å²) in [6.07, 6.45) is 3.09. The Hall–Kier alpha value is -4.01. The van der Waals surface area contributed by atoms with E-state index >= 15 is 0 Å². The molecule has 0 aliphatic carbocycles. The molecule has 0 atom stereocenters. The van der Waals surface area contributed by atoms with Crippen LogP contribution in [0.3, 0.4) is 0 Å². The van der Waals surface area contributed by atoms with Gasteiger partial charge in [0.1, 0.15) is 5.76 Å². The monoisotopic (exact) mass is 476 g/mol. The lowest BCUT2D eigenvalue weighted by molar-refractivity contribution is -0.384. The average Bonchev–Trinajstić information content (AvgIpc) is 3.37. The molecule has 4 rings (SSSR count). The first kappa shape index (κ1) is 24.1. The van der Waals surface area contributed by atoms with Crippen LogP contribution in [0.1, 0.15) is 51.8 Å². The van der Waals surface area contributed by atoms with Gasteiger partial charge >= 0.3 is 0 Å². The Morgan fingerprint density at radius 2 is 1.94 bits per heavy atom. The molecule has 0 unspecified atom stereocenters. The topological polar surface area (TPSA) is 110 Å². The number of non-ortho nitro benzene ring substituents is 1. The molecule has 1 fully saturated rings. The number of aryl methyl sites for hydroxylation is 1. The van der Waals surface area contributed by atoms with Crippen molar-refractivity contribution in [2.75, 3.05) is 20.1 Å². The summed E-state index contributed by atoms with van der Waals surface area (Å²) in [4.78, 5) is 44.7. The Kier molecular flexibility index (Phi) is 7.24. The predicted octanol–water partition coefficient (Wildman–Crippen LogP) is 4.11. The lowest BCUT2D eigenvalue weighted by Gasteiger charge is -2.33. The van der Waals surface area contributed by atoms with Gasteiger partial charge in [-0.25, -0.2) is 0 Å². The predicted molar refractivity (Wildman–Crippen MR) is 129 cm³/mol. The summed E-state index contributed by atoms with van der Waals surface area (Å²) in [6, 6.07) is 13.5. The van der Waals surface area contributed by atoms with Gasteiger partial charge < -0.3 is 14.2 Å². The molecule has 0 spiro atoms. The molecule has 0 saturated carbocycles. The van der Waals surface area contributed by atoms with Crippen LogP contribution in [0, 0.1) is 17.0 Å². The molecule has 9 heteroatoms. The standard InChI is InChI=1S/C26H28N4O5/c1-18-8-9-23(26(32)28(2)17-22-7-4-14-35-22)25(27-18)20-10-12-29(13-11-20)24(31)16-19-5-3-6-21(15-19)30(33)34/h3-9,14-15,20H,10-13,16-17H2,1-2H3. The molecule has 182 valence electrons. The fourth-order valence-corrected chi connectivity index (χ4v) is 4.45. The SMILES string of the molecule is Cc1ccc(C(=O)N(C)Cc2ccco2)c(C2CCN(C(=O)Cc3cccc([N+](=O)[O-])c3)CC2)n1. The summed E-state index contributed by atoms with van der Waals surface area (Å²) in [7, 11) is 1.74. The molecule has 9 nitrogen and oxygen atoms in total. The molecule has 1 aliphatic rings. The number of hydrogen-bond donors (Lipinski definition) is 0. The van der Waals surface area contributed by atoms with Gasteiger partial charge in [-0.2, -0.15) is 0 Å². The molecule has 0 radical (unpaired) electrons. The van der Waals surface area contributed by atoms with Crippen LogP contribution in [0.25, 0.3) is 0 Å². The molecule has 3 aromatic rings. The van der Waals surface area contributed by atoms with Crippen LogP contribution in [0.4, 0.5) is 5.69 Å². The fraction of sp³-hybridized carbons (Fsp3) is 0.346. The number of pyridine rings is 1. The summed E-state index contributed by atoms with van der Waals surface area (Å²) >= 11 is 0. The third-order valence-electron chi connectivity index (χ3n) is 6.33. The van der Waals surface area contributed by atoms with E-state index in [1.807, 2.05) is 25.1 Å². The number of hydrogen-bond acceptors (Lipinski definition) is 6. The van der Waals surface area contributed by atoms with Gasteiger partial charge in [0.15, 0.2) is 0 Å². The van der Waals surface area contributed by atoms with E-state index in [2.05, 4.69) is 0 Å². The second-order valence-electron chi connectivity index (χ2n) is 8.88. The molecular weight excluding hydrogens is 448 g/mol. The van der Waals surface area contributed by atoms with Crippen LogP contribution in [-0.2, 0) is 17.8 Å². The van der Waals surface area contributed by atoms with Crippen molar-refractivity contribution in [1.29, 1.82) is 0 Å². The van der Waals surface area contributed by atoms with Crippen molar-refractivity contribution in [2.24, 2.45) is 0 Å². The zero-order valence-electron chi connectivity index (χ0n) is 19.8. The Labute approximate surface area is 203 Å². The first-order chi connectivity index (χ1) is 16.8. The van der Waals surface area contributed by atoms with Crippen LogP contribution in [0.5, 0.6) is 0 Å². The van der Waals surface area contributed by atoms with Crippen LogP contribution in [-0.4, -0.2) is 51.7 Å². The molecule has 35 heavy (non-hydrogen) atoms. The van der Waals surface area contributed by atoms with Gasteiger partial charge in [-0.05, 0) is 49.6 Å². The third kappa shape index (κ3) is 5.74. The van der Waals surface area contributed by atoms with Crippen molar-refractivity contribution in [1.82, 2.24) is 14.8 Å². The van der Waals surface area contributed by atoms with Crippen molar-refractivity contribution in [3.05, 3.63) is 93.2 Å². The first-order valence-corrected chi connectivity index (χ1v) is 11.6. The minimum Gasteiger partial charge on any atom is -0.467 e. The molecule has 0 bridgehead atoms. The number of nitrogens with zero attached hydrogens (tertiary/aromatic N) is 4. The lowest BCUT2D eigenvalue weighted by atomic mass is 9.89. The van der Waals surface area contributed by atoms with Gasteiger partial charge in [-0.15, -0.1) is 0 Å². The first-order valence-electron chi connectivity index (χ1n) is 11.6. The Morgan fingerprint density at radius 1 is 1.17 bits per heavy atom. The second kappa shape index (κ2) is 10.5. The van der Waals surface area contributed by atoms with Crippen LogP contribution >= 0.6 is 0 Å². The number of nitro benzene ring substituents is 1. The molecule has 1 aliphatic heterocycles. The largest absolute Gasteiger partial charge is 0.467 e. The maximum atomic E-state index is 13.2. The average molecular weight is 477 g/mol. The van der Waals surface area contributed by atoms with Crippen molar-refractivity contribution in [2.45, 2.75) is 38.6 Å². The highest BCUT2D eigenvalue weighted by atomic mass is 16.6. The van der Waals surface area contributed by atoms with Gasteiger partial charge in [0.2, 0.25) is 5.91 Å². The maximum absolute atomic E-state index is 13.2. The normalized spacial score (nSPS) is 14.1. The van der Waals surface area contributed by atoms with Gasteiger partial charge in [0.05, 0.1) is 35.4 Å². The summed E-state index contributed by atoms with van der Waals surface area (Å²) < 4.78 is 5.37. The van der Waals surface area contributed by atoms with E-state index in [9.17, 15) is 19.7 Å². The highest BCUT2D eigenvalue weighted by molar-refractivity contribution is 5.95. The zero-order valence-corrected chi connectivity index (χ0v) is 19.8. The molecular formula is C26H28N4O5. The number of nitro groups is 1. The fourth-order valence-electron chi connectivity index (χ4n) is 4.45. The summed E-state index contributed by atoms with van der Waals surface area (Å²) in [6.45, 7) is 3.36. The lowest BCUT2D eigenvalue weighted by Crippen LogP contribution is -2.39. The van der Waals surface area contributed by atoms with E-state index in [0.717, 1.165) is 11.4 Å². The molecule has 3 heterocycles. The highest BCUT2D eigenvalue weighted by Gasteiger charge is 2.29. The van der Waals surface area contributed by atoms with Gasteiger partial charge in [-0.3, -0.25) is 24.7 Å². The zero-order chi connectivity index (χ0) is 24.9. The number of furan rings is 1. The minimum atomic E-state index is -0.459. The number of likely N-dealkylation sites (tertiary alicyclic amines) is 1. The van der Waals surface area contributed by atoms with Crippen LogP contribution < -0.4 is 0 Å². The smallest absolute Gasteiger partial charge is 0.269 e. The molecule has 2 aromatic heterocycles. The Morgan fingerprint density at radius 3 is 2.63 bits per heavy atom. The minimum absolute atomic E-state index is 0.0197. The highest BCUT2D eigenvalue weighted by Crippen LogP contribution is 2.30. The number of piperidine rings is 1. The number of aromatic nitrogens is 1. The molecule has 1 saturated heterocycles. The maximum Gasteiger partial charge on any atom is 0.269 e. The van der Waals surface area contributed by atoms with E-state index in [1.54, 1.807) is 41.3 Å². The van der Waals surface area contributed by atoms with Crippen molar-refractivity contribution in [3.63, 3.8) is 0 Å². The molecule has 1 aromatic carbocycles. The van der Waals surface area contributed by atoms with Crippen molar-refractivity contribution in [3.8, 4) is 0 Å². The van der Waals surface area contributed by atoms with E-state index in [0.29, 0.717) is 49.4 Å². The van der Waals surface area contributed by atoms with Gasteiger partial charge in [0.25, 0.3) is 11.6 Å². The van der Waals surface area contributed by atoms with Crippen LogP contribution in [0.15, 0.2) is 59.2 Å². The Balaban J connectivity index is 1.42. The third-order valence-corrected chi connectivity index (χ3v) is 6.33. The summed E-state index contributed by atoms with van der Waals surface area (Å²) in [5, 5.41) is 11.0. The second-order valence-corrected chi connectivity index (χ2v) is 8.88. The number of amides is 2. The van der Waals surface area contributed by atoms with E-state index < -0.39 is 4.92 Å². The van der Waals surface area contributed by atoms with E-state index in [1.165, 1.54) is 12.1 Å². The van der Waals surface area contributed by atoms with Crippen LogP contribution in [0.2, 0.25) is 0 Å². The van der Waals surface area contributed by atoms with E-state index in [-0.39, 0.29) is 29.8 Å². The van der Waals surface area contributed by atoms with Gasteiger partial charge in [-0.1, -0.05) is 12.1 Å². The Bertz CT molecular complexity index is 1220. The number of carbonyl (C=O) groups is 2. The molecule has 0 N–H and O–H groups in total. The summed E-state index contributed by atoms with van der Waals surface area (Å²) in [5.41, 5.74) is 2.79. The van der Waals surface area contributed by atoms with Gasteiger partial charge in [0, 0.05) is 43.9 Å². The number of rotatable bonds is 7. The van der Waals surface area contributed by atoms with Crippen molar-refractivity contribution >= 4 is 17.5 Å².